The third-order valence-corrected chi connectivity index (χ3v) is 2.31. The molecule has 1 nitrogen and oxygen atoms in total. The third-order valence-electron chi connectivity index (χ3n) is 2.31. The van der Waals surface area contributed by atoms with Crippen molar-refractivity contribution in [1.29, 1.82) is 0 Å². The first kappa shape index (κ1) is 9.96. The lowest BCUT2D eigenvalue weighted by molar-refractivity contribution is 0.0216. The van der Waals surface area contributed by atoms with Crippen LogP contribution in [0.3, 0.4) is 0 Å². The van der Waals surface area contributed by atoms with E-state index in [2.05, 4.69) is 20.8 Å². The van der Waals surface area contributed by atoms with Gasteiger partial charge in [-0.25, -0.2) is 0 Å². The van der Waals surface area contributed by atoms with Crippen molar-refractivity contribution in [2.45, 2.75) is 58.5 Å². The van der Waals surface area contributed by atoms with Crippen LogP contribution in [0.15, 0.2) is 0 Å². The summed E-state index contributed by atoms with van der Waals surface area (Å²) in [4.78, 5) is 0. The summed E-state index contributed by atoms with van der Waals surface area (Å²) >= 11 is 0. The molecule has 10 heavy (non-hydrogen) atoms. The van der Waals surface area contributed by atoms with E-state index in [0.717, 1.165) is 25.7 Å². The largest absolute Gasteiger partial charge is 0.390 e. The van der Waals surface area contributed by atoms with E-state index >= 15 is 0 Å². The Morgan fingerprint density at radius 3 is 1.90 bits per heavy atom. The molecule has 0 heterocycles. The second-order valence-corrected chi connectivity index (χ2v) is 3.04. The molecule has 0 saturated carbocycles. The zero-order valence-corrected chi connectivity index (χ0v) is 7.48. The summed E-state index contributed by atoms with van der Waals surface area (Å²) in [6.07, 6.45) is 5.09. The average molecular weight is 144 g/mol. The summed E-state index contributed by atoms with van der Waals surface area (Å²) in [5, 5.41) is 9.76. The Balaban J connectivity index is 3.58. The standard InChI is InChI=1S/C9H20O/c1-4-7-8-9(10,5-2)6-3/h10H,4-8H2,1-3H3. The van der Waals surface area contributed by atoms with Crippen molar-refractivity contribution in [3.8, 4) is 0 Å². The van der Waals surface area contributed by atoms with Crippen LogP contribution in [0.4, 0.5) is 0 Å². The Kier molecular flexibility index (Phi) is 4.71. The zero-order chi connectivity index (χ0) is 8.04. The van der Waals surface area contributed by atoms with Gasteiger partial charge in [-0.05, 0) is 19.3 Å². The lowest BCUT2D eigenvalue weighted by Crippen LogP contribution is -2.25. The molecule has 0 spiro atoms. The molecule has 0 atom stereocenters. The predicted octanol–water partition coefficient (Wildman–Crippen LogP) is 2.73. The second-order valence-electron chi connectivity index (χ2n) is 3.04. The highest BCUT2D eigenvalue weighted by Crippen LogP contribution is 2.21. The van der Waals surface area contributed by atoms with Crippen molar-refractivity contribution in [3.63, 3.8) is 0 Å². The molecule has 0 amide bonds. The van der Waals surface area contributed by atoms with Crippen LogP contribution in [0.2, 0.25) is 0 Å². The van der Waals surface area contributed by atoms with Gasteiger partial charge in [0, 0.05) is 0 Å². The Labute approximate surface area is 64.5 Å². The summed E-state index contributed by atoms with van der Waals surface area (Å²) in [7, 11) is 0. The summed E-state index contributed by atoms with van der Waals surface area (Å²) in [6.45, 7) is 6.27. The van der Waals surface area contributed by atoms with Crippen LogP contribution >= 0.6 is 0 Å². The highest BCUT2D eigenvalue weighted by atomic mass is 16.3. The van der Waals surface area contributed by atoms with Gasteiger partial charge in [-0.1, -0.05) is 33.6 Å². The first-order valence-corrected chi connectivity index (χ1v) is 4.41. The fourth-order valence-electron chi connectivity index (χ4n) is 1.11. The molecule has 0 bridgehead atoms. The summed E-state index contributed by atoms with van der Waals surface area (Å²) in [5.41, 5.74) is -0.365. The molecule has 0 aliphatic rings. The molecule has 1 heteroatoms. The van der Waals surface area contributed by atoms with Crippen molar-refractivity contribution in [3.05, 3.63) is 0 Å². The topological polar surface area (TPSA) is 20.2 Å². The fourth-order valence-corrected chi connectivity index (χ4v) is 1.11. The summed E-state index contributed by atoms with van der Waals surface area (Å²) < 4.78 is 0. The van der Waals surface area contributed by atoms with E-state index in [9.17, 15) is 5.11 Å². The van der Waals surface area contributed by atoms with Gasteiger partial charge in [-0.2, -0.15) is 0 Å². The van der Waals surface area contributed by atoms with E-state index in [-0.39, 0.29) is 5.60 Å². The number of aliphatic hydroxyl groups is 1. The normalized spacial score (nSPS) is 12.0. The van der Waals surface area contributed by atoms with E-state index in [1.807, 2.05) is 0 Å². The van der Waals surface area contributed by atoms with Gasteiger partial charge < -0.3 is 5.11 Å². The van der Waals surface area contributed by atoms with Crippen molar-refractivity contribution in [1.82, 2.24) is 0 Å². The summed E-state index contributed by atoms with van der Waals surface area (Å²) in [5.74, 6) is 0. The van der Waals surface area contributed by atoms with Gasteiger partial charge in [0.05, 0.1) is 5.60 Å². The molecular formula is C9H20O. The minimum absolute atomic E-state index is 0.365. The van der Waals surface area contributed by atoms with Gasteiger partial charge in [0.2, 0.25) is 0 Å². The van der Waals surface area contributed by atoms with Crippen LogP contribution < -0.4 is 0 Å². The van der Waals surface area contributed by atoms with Crippen molar-refractivity contribution < 1.29 is 5.11 Å². The molecular weight excluding hydrogens is 124 g/mol. The van der Waals surface area contributed by atoms with Gasteiger partial charge in [-0.3, -0.25) is 0 Å². The first-order valence-electron chi connectivity index (χ1n) is 4.41. The first-order chi connectivity index (χ1) is 4.68. The maximum Gasteiger partial charge on any atom is 0.0642 e. The molecule has 0 fully saturated rings. The van der Waals surface area contributed by atoms with Crippen LogP contribution in [0.5, 0.6) is 0 Å². The van der Waals surface area contributed by atoms with E-state index in [4.69, 9.17) is 0 Å². The lowest BCUT2D eigenvalue weighted by Gasteiger charge is -2.24. The van der Waals surface area contributed by atoms with Gasteiger partial charge in [-0.15, -0.1) is 0 Å². The minimum atomic E-state index is -0.365. The molecule has 0 aromatic carbocycles. The quantitative estimate of drug-likeness (QED) is 0.629. The molecule has 0 aliphatic carbocycles. The molecule has 1 N–H and O–H groups in total. The Morgan fingerprint density at radius 2 is 1.60 bits per heavy atom. The Hall–Kier alpha value is -0.0400. The molecule has 0 radical (unpaired) electrons. The minimum Gasteiger partial charge on any atom is -0.390 e. The molecule has 0 unspecified atom stereocenters. The highest BCUT2D eigenvalue weighted by Gasteiger charge is 2.20. The van der Waals surface area contributed by atoms with Crippen LogP contribution in [0, 0.1) is 0 Å². The maximum absolute atomic E-state index is 9.76. The molecule has 62 valence electrons. The average Bonchev–Trinajstić information content (AvgIpc) is 2.00. The van der Waals surface area contributed by atoms with Crippen molar-refractivity contribution in [2.75, 3.05) is 0 Å². The van der Waals surface area contributed by atoms with Gasteiger partial charge in [0.25, 0.3) is 0 Å². The second kappa shape index (κ2) is 4.73. The molecule has 0 aromatic rings. The highest BCUT2D eigenvalue weighted by molar-refractivity contribution is 4.73. The molecule has 0 aromatic heterocycles. The number of hydrogen-bond donors (Lipinski definition) is 1. The lowest BCUT2D eigenvalue weighted by atomic mass is 9.91. The number of rotatable bonds is 5. The SMILES string of the molecule is CCCCC(O)(CC)CC. The van der Waals surface area contributed by atoms with Crippen molar-refractivity contribution in [2.24, 2.45) is 0 Å². The van der Waals surface area contributed by atoms with E-state index in [1.165, 1.54) is 6.42 Å². The third kappa shape index (κ3) is 3.21. The summed E-state index contributed by atoms with van der Waals surface area (Å²) in [6, 6.07) is 0. The van der Waals surface area contributed by atoms with E-state index in [1.54, 1.807) is 0 Å². The zero-order valence-electron chi connectivity index (χ0n) is 7.48. The molecule has 0 aliphatic heterocycles. The fraction of sp³-hybridized carbons (Fsp3) is 1.00. The van der Waals surface area contributed by atoms with Crippen LogP contribution in [-0.4, -0.2) is 10.7 Å². The smallest absolute Gasteiger partial charge is 0.0642 e. The van der Waals surface area contributed by atoms with E-state index in [0.29, 0.717) is 0 Å². The number of unbranched alkanes of at least 4 members (excludes halogenated alkanes) is 1. The maximum atomic E-state index is 9.76. The number of hydrogen-bond acceptors (Lipinski definition) is 1. The van der Waals surface area contributed by atoms with Gasteiger partial charge in [0.15, 0.2) is 0 Å². The van der Waals surface area contributed by atoms with E-state index < -0.39 is 0 Å². The van der Waals surface area contributed by atoms with Crippen molar-refractivity contribution >= 4 is 0 Å². The Bertz CT molecular complexity index is 74.8. The van der Waals surface area contributed by atoms with Gasteiger partial charge >= 0.3 is 0 Å². The van der Waals surface area contributed by atoms with Crippen LogP contribution in [0.25, 0.3) is 0 Å². The van der Waals surface area contributed by atoms with Crippen LogP contribution in [0.1, 0.15) is 52.9 Å². The Morgan fingerprint density at radius 1 is 1.10 bits per heavy atom. The molecule has 0 saturated heterocycles. The van der Waals surface area contributed by atoms with Gasteiger partial charge in [0.1, 0.15) is 0 Å². The predicted molar refractivity (Wildman–Crippen MR) is 45.1 cm³/mol. The molecule has 0 rings (SSSR count). The van der Waals surface area contributed by atoms with Crippen LogP contribution in [-0.2, 0) is 0 Å². The monoisotopic (exact) mass is 144 g/mol.